The molecule has 1 aromatic heterocycles. The highest BCUT2D eigenvalue weighted by Gasteiger charge is 2.45. The monoisotopic (exact) mass is 1030 g/mol. The molecule has 5 heterocycles. The topological polar surface area (TPSA) is 121 Å². The number of piperidine rings is 4. The van der Waals surface area contributed by atoms with E-state index in [0.717, 1.165) is 75.9 Å². The van der Waals surface area contributed by atoms with Gasteiger partial charge in [-0.05, 0) is 247 Å². The molecular weight excluding hydrogens is 913 g/mol. The molecule has 0 amide bonds. The molecule has 74 heavy (non-hydrogen) atoms. The molecule has 2 atom stereocenters. The first-order chi connectivity index (χ1) is 33.9. The Morgan fingerprint density at radius 1 is 0.459 bits per heavy atom. The van der Waals surface area contributed by atoms with Gasteiger partial charge in [-0.25, -0.2) is 0 Å². The summed E-state index contributed by atoms with van der Waals surface area (Å²) in [6.07, 6.45) is 19.8. The molecule has 12 nitrogen and oxygen atoms in total. The van der Waals surface area contributed by atoms with Crippen LogP contribution in [0.2, 0.25) is 0 Å². The molecule has 12 heteroatoms. The predicted molar refractivity (Wildman–Crippen MR) is 319 cm³/mol. The van der Waals surface area contributed by atoms with Crippen molar-refractivity contribution in [2.24, 2.45) is 5.92 Å². The first-order valence-corrected chi connectivity index (χ1v) is 30.6. The molecule has 2 unspecified atom stereocenters. The quantitative estimate of drug-likeness (QED) is 0.0496. The molecule has 0 spiro atoms. The Bertz CT molecular complexity index is 1800. The fourth-order valence-corrected chi connectivity index (χ4v) is 15.9. The van der Waals surface area contributed by atoms with Gasteiger partial charge < -0.3 is 36.8 Å². The van der Waals surface area contributed by atoms with Crippen LogP contribution in [0.5, 0.6) is 0 Å². The van der Waals surface area contributed by atoms with Gasteiger partial charge in [-0.3, -0.25) is 9.80 Å². The van der Waals surface area contributed by atoms with E-state index in [1.54, 1.807) is 0 Å². The summed E-state index contributed by atoms with van der Waals surface area (Å²) in [6.45, 7) is 56.5. The van der Waals surface area contributed by atoms with Crippen molar-refractivity contribution in [2.45, 2.75) is 348 Å². The molecule has 4 aliphatic rings. The summed E-state index contributed by atoms with van der Waals surface area (Å²) in [6, 6.07) is 2.71. The Morgan fingerprint density at radius 2 is 0.851 bits per heavy atom. The van der Waals surface area contributed by atoms with Gasteiger partial charge >= 0.3 is 0 Å². The minimum atomic E-state index is -0.0125. The van der Waals surface area contributed by atoms with E-state index in [-0.39, 0.29) is 56.4 Å². The Balaban J connectivity index is 1.39. The van der Waals surface area contributed by atoms with Crippen molar-refractivity contribution < 1.29 is 0 Å². The number of rotatable bonds is 26. The molecule has 0 aliphatic carbocycles. The van der Waals surface area contributed by atoms with Gasteiger partial charge in [-0.2, -0.15) is 15.0 Å². The molecule has 5 rings (SSSR count). The van der Waals surface area contributed by atoms with Crippen LogP contribution in [0.3, 0.4) is 0 Å². The molecule has 4 saturated heterocycles. The van der Waals surface area contributed by atoms with Crippen molar-refractivity contribution >= 4 is 11.9 Å². The van der Waals surface area contributed by atoms with E-state index in [0.29, 0.717) is 36.1 Å². The summed E-state index contributed by atoms with van der Waals surface area (Å²) in [5.41, 5.74) is 0.650. The average molecular weight is 1040 g/mol. The van der Waals surface area contributed by atoms with E-state index in [9.17, 15) is 0 Å². The molecule has 6 N–H and O–H groups in total. The molecule has 4 fully saturated rings. The minimum Gasteiger partial charge on any atom is -0.352 e. The smallest absolute Gasteiger partial charge is 0.230 e. The van der Waals surface area contributed by atoms with Crippen LogP contribution in [0.1, 0.15) is 273 Å². The van der Waals surface area contributed by atoms with Crippen LogP contribution in [-0.2, 0) is 0 Å². The average Bonchev–Trinajstić information content (AvgIpc) is 3.17. The van der Waals surface area contributed by atoms with Gasteiger partial charge in [0.1, 0.15) is 0 Å². The standard InChI is InChI=1S/C62H122N12/c1-44(2)35-46(5)64-53-65-52(47(6)73(50-40-59(15,16)70-60(17,18)41-50)33-29-24-23-27-31-63-48-36-55(7,8)68-56(9,10)37-48)66-54(67-53)74(51-42-61(19,20)71-62(21,22)43-51)34-30-26-25-28-32-72(45(3)4)49-38-57(11,12)69-58(13,14)39-49/h44-51,63,68-71H,23-43H2,1-22H3,(H,64,65,66,67). The van der Waals surface area contributed by atoms with Crippen molar-refractivity contribution in [1.82, 2.24) is 51.3 Å². The summed E-state index contributed by atoms with van der Waals surface area (Å²) in [5.74, 6) is 3.08. The summed E-state index contributed by atoms with van der Waals surface area (Å²) in [5, 5.41) is 23.6. The van der Waals surface area contributed by atoms with Gasteiger partial charge in [0.25, 0.3) is 0 Å². The number of anilines is 2. The molecule has 0 saturated carbocycles. The second-order valence-corrected chi connectivity index (χ2v) is 31.1. The zero-order chi connectivity index (χ0) is 55.3. The molecule has 1 aromatic rings. The molecule has 4 aliphatic heterocycles. The largest absolute Gasteiger partial charge is 0.352 e. The van der Waals surface area contributed by atoms with E-state index in [1.807, 2.05) is 0 Å². The summed E-state index contributed by atoms with van der Waals surface area (Å²) < 4.78 is 0. The lowest BCUT2D eigenvalue weighted by Crippen LogP contribution is -2.63. The normalized spacial score (nSPS) is 24.7. The lowest BCUT2D eigenvalue weighted by Gasteiger charge is -2.51. The van der Waals surface area contributed by atoms with E-state index in [4.69, 9.17) is 15.0 Å². The van der Waals surface area contributed by atoms with Crippen molar-refractivity contribution in [3.63, 3.8) is 0 Å². The zero-order valence-electron chi connectivity index (χ0n) is 52.7. The van der Waals surface area contributed by atoms with Crippen molar-refractivity contribution in [3.8, 4) is 0 Å². The van der Waals surface area contributed by atoms with E-state index in [2.05, 4.69) is 199 Å². The van der Waals surface area contributed by atoms with Gasteiger partial charge in [0.05, 0.1) is 6.04 Å². The van der Waals surface area contributed by atoms with Gasteiger partial charge in [-0.15, -0.1) is 0 Å². The van der Waals surface area contributed by atoms with Crippen molar-refractivity contribution in [3.05, 3.63) is 5.82 Å². The maximum Gasteiger partial charge on any atom is 0.230 e. The number of nitrogens with zero attached hydrogens (tertiary/aromatic N) is 6. The maximum absolute atomic E-state index is 5.69. The lowest BCUT2D eigenvalue weighted by molar-refractivity contribution is 0.0392. The highest BCUT2D eigenvalue weighted by atomic mass is 15.3. The van der Waals surface area contributed by atoms with Crippen molar-refractivity contribution in [2.75, 3.05) is 36.4 Å². The maximum atomic E-state index is 5.69. The first-order valence-electron chi connectivity index (χ1n) is 30.6. The minimum absolute atomic E-state index is 0.0125. The number of hydrogen-bond acceptors (Lipinski definition) is 12. The highest BCUT2D eigenvalue weighted by Crippen LogP contribution is 2.39. The van der Waals surface area contributed by atoms with Crippen LogP contribution in [0.25, 0.3) is 0 Å². The Labute approximate surface area is 457 Å². The van der Waals surface area contributed by atoms with Gasteiger partial charge in [0.15, 0.2) is 5.82 Å². The number of unbranched alkanes of at least 4 members (excludes halogenated alkanes) is 6. The van der Waals surface area contributed by atoms with Crippen LogP contribution in [0.4, 0.5) is 11.9 Å². The van der Waals surface area contributed by atoms with E-state index >= 15 is 0 Å². The predicted octanol–water partition coefficient (Wildman–Crippen LogP) is 12.5. The Kier molecular flexibility index (Phi) is 21.5. The molecular formula is C62H122N12. The van der Waals surface area contributed by atoms with Crippen molar-refractivity contribution in [1.29, 1.82) is 0 Å². The van der Waals surface area contributed by atoms with E-state index in [1.165, 1.54) is 77.2 Å². The third kappa shape index (κ3) is 20.2. The third-order valence-corrected chi connectivity index (χ3v) is 17.0. The SMILES string of the molecule is CC(C)CC(C)Nc1nc(C(C)N(CCCCCCNC2CC(C)(C)NC(C)(C)C2)C2CC(C)(C)NC(C)(C)C2)nc(N(CCCCCCN(C(C)C)C2CC(C)(C)NC(C)(C)C2)C2CC(C)(C)NC(C)(C)C2)n1. The number of aromatic nitrogens is 3. The van der Waals surface area contributed by atoms with Crippen LogP contribution in [0, 0.1) is 5.92 Å². The summed E-state index contributed by atoms with van der Waals surface area (Å²) >= 11 is 0. The fraction of sp³-hybridized carbons (Fsp3) is 0.952. The summed E-state index contributed by atoms with van der Waals surface area (Å²) in [4.78, 5) is 24.9. The highest BCUT2D eigenvalue weighted by molar-refractivity contribution is 5.40. The van der Waals surface area contributed by atoms with Crippen LogP contribution < -0.4 is 36.8 Å². The van der Waals surface area contributed by atoms with Crippen LogP contribution in [-0.4, -0.2) is 131 Å². The fourth-order valence-electron chi connectivity index (χ4n) is 15.9. The molecule has 0 aromatic carbocycles. The Morgan fingerprint density at radius 3 is 1.30 bits per heavy atom. The first kappa shape index (κ1) is 63.2. The number of hydrogen-bond donors (Lipinski definition) is 6. The molecule has 430 valence electrons. The van der Waals surface area contributed by atoms with Gasteiger partial charge in [0.2, 0.25) is 11.9 Å². The van der Waals surface area contributed by atoms with E-state index < -0.39 is 0 Å². The number of nitrogens with one attached hydrogen (secondary N) is 6. The summed E-state index contributed by atoms with van der Waals surface area (Å²) in [7, 11) is 0. The van der Waals surface area contributed by atoms with Crippen LogP contribution in [0.15, 0.2) is 0 Å². The second-order valence-electron chi connectivity index (χ2n) is 31.1. The van der Waals surface area contributed by atoms with Gasteiger partial charge in [0, 0.05) is 87.1 Å². The zero-order valence-corrected chi connectivity index (χ0v) is 52.7. The molecule has 0 radical (unpaired) electrons. The van der Waals surface area contributed by atoms with Gasteiger partial charge in [-0.1, -0.05) is 39.5 Å². The third-order valence-electron chi connectivity index (χ3n) is 17.0. The van der Waals surface area contributed by atoms with Crippen LogP contribution >= 0.6 is 0 Å². The Hall–Kier alpha value is -1.67. The lowest BCUT2D eigenvalue weighted by atomic mass is 9.78. The second kappa shape index (κ2) is 25.2. The molecule has 0 bridgehead atoms.